The molecule has 2 fully saturated rings. The maximum atomic E-state index is 13.0. The molecule has 0 spiro atoms. The van der Waals surface area contributed by atoms with E-state index in [1.54, 1.807) is 24.3 Å². The van der Waals surface area contributed by atoms with E-state index < -0.39 is 12.2 Å². The molecule has 172 valence electrons. The Balaban J connectivity index is 0.00000289. The van der Waals surface area contributed by atoms with E-state index >= 15 is 0 Å². The number of nitrogens with two attached hydrogens (primary N) is 1. The van der Waals surface area contributed by atoms with Crippen LogP contribution in [-0.4, -0.2) is 70.2 Å². The zero-order valence-corrected chi connectivity index (χ0v) is 18.7. The minimum absolute atomic E-state index is 0. The predicted octanol–water partition coefficient (Wildman–Crippen LogP) is 1.76. The van der Waals surface area contributed by atoms with Gasteiger partial charge in [0.2, 0.25) is 0 Å². The molecule has 2 aliphatic heterocycles. The van der Waals surface area contributed by atoms with Crippen molar-refractivity contribution in [3.8, 4) is 0 Å². The highest BCUT2D eigenvalue weighted by Gasteiger charge is 2.33. The second-order valence-corrected chi connectivity index (χ2v) is 8.44. The zero-order valence-electron chi connectivity index (χ0n) is 17.9. The molecular formula is C24H30ClN3O4. The van der Waals surface area contributed by atoms with Gasteiger partial charge < -0.3 is 25.7 Å². The van der Waals surface area contributed by atoms with Crippen LogP contribution in [0.25, 0.3) is 0 Å². The van der Waals surface area contributed by atoms with Crippen molar-refractivity contribution < 1.29 is 19.8 Å². The number of hydrogen-bond donors (Lipinski definition) is 3. The average molecular weight is 460 g/mol. The monoisotopic (exact) mass is 459 g/mol. The highest BCUT2D eigenvalue weighted by Crippen LogP contribution is 2.29. The minimum Gasteiger partial charge on any atom is -0.388 e. The van der Waals surface area contributed by atoms with E-state index in [4.69, 9.17) is 5.73 Å². The Labute approximate surface area is 194 Å². The quantitative estimate of drug-likeness (QED) is 0.645. The van der Waals surface area contributed by atoms with Crippen LogP contribution in [-0.2, 0) is 6.54 Å². The number of benzene rings is 2. The van der Waals surface area contributed by atoms with Crippen LogP contribution in [0.4, 0.5) is 0 Å². The summed E-state index contributed by atoms with van der Waals surface area (Å²) in [6, 6.07) is 15.0. The molecule has 2 aliphatic rings. The molecule has 0 unspecified atom stereocenters. The van der Waals surface area contributed by atoms with Gasteiger partial charge in [-0.2, -0.15) is 0 Å². The molecule has 7 nitrogen and oxygen atoms in total. The fourth-order valence-corrected chi connectivity index (χ4v) is 4.48. The number of carbonyl (C=O) groups excluding carboxylic acids is 2. The van der Waals surface area contributed by atoms with Gasteiger partial charge in [0.15, 0.2) is 0 Å². The highest BCUT2D eigenvalue weighted by atomic mass is 35.5. The number of rotatable bonds is 4. The molecule has 2 saturated heterocycles. The van der Waals surface area contributed by atoms with E-state index in [-0.39, 0.29) is 37.3 Å². The normalized spacial score (nSPS) is 21.3. The molecular weight excluding hydrogens is 430 g/mol. The summed E-state index contributed by atoms with van der Waals surface area (Å²) in [6.45, 7) is 2.04. The van der Waals surface area contributed by atoms with Gasteiger partial charge in [-0.25, -0.2) is 0 Å². The maximum absolute atomic E-state index is 13.0. The summed E-state index contributed by atoms with van der Waals surface area (Å²) in [5, 5.41) is 19.4. The molecule has 8 heteroatoms. The van der Waals surface area contributed by atoms with Gasteiger partial charge in [-0.1, -0.05) is 30.3 Å². The van der Waals surface area contributed by atoms with E-state index in [1.165, 1.54) is 10.5 Å². The van der Waals surface area contributed by atoms with Crippen molar-refractivity contribution in [2.45, 2.75) is 37.5 Å². The number of aliphatic hydroxyl groups is 2. The van der Waals surface area contributed by atoms with Crippen molar-refractivity contribution >= 4 is 24.2 Å². The number of piperidine rings is 1. The lowest BCUT2D eigenvalue weighted by atomic mass is 9.88. The standard InChI is InChI=1S/C24H29N3O4.ClH/c25-13-16-3-1-4-18(11-16)17-7-9-26(10-8-17)23(30)19-5-2-6-20(12-19)24(31)27-14-21(28)22(29)15-27;/h1-6,11-12,17,21-22,28-29H,7-10,13-15,25H2;1H/t21-,22-;/m1./s1. The Morgan fingerprint density at radius 3 is 2.03 bits per heavy atom. The second kappa shape index (κ2) is 10.4. The second-order valence-electron chi connectivity index (χ2n) is 8.44. The molecule has 4 N–H and O–H groups in total. The Morgan fingerprint density at radius 2 is 1.44 bits per heavy atom. The first-order chi connectivity index (χ1) is 15.0. The topological polar surface area (TPSA) is 107 Å². The van der Waals surface area contributed by atoms with Crippen molar-refractivity contribution in [3.63, 3.8) is 0 Å². The van der Waals surface area contributed by atoms with Gasteiger partial charge in [-0.3, -0.25) is 9.59 Å². The molecule has 4 rings (SSSR count). The van der Waals surface area contributed by atoms with Crippen molar-refractivity contribution in [2.24, 2.45) is 5.73 Å². The number of amides is 2. The average Bonchev–Trinajstić information content (AvgIpc) is 3.16. The number of nitrogens with zero attached hydrogens (tertiary/aromatic N) is 2. The molecule has 2 aromatic carbocycles. The van der Waals surface area contributed by atoms with Gasteiger partial charge in [0, 0.05) is 43.9 Å². The van der Waals surface area contributed by atoms with Crippen LogP contribution < -0.4 is 5.73 Å². The number of aliphatic hydroxyl groups excluding tert-OH is 2. The summed E-state index contributed by atoms with van der Waals surface area (Å²) in [4.78, 5) is 29.0. The Kier molecular flexibility index (Phi) is 7.90. The summed E-state index contributed by atoms with van der Waals surface area (Å²) in [5.74, 6) is 0.0468. The molecule has 0 radical (unpaired) electrons. The Hall–Kier alpha value is -2.45. The molecule has 0 aromatic heterocycles. The SMILES string of the molecule is Cl.NCc1cccc(C2CCN(C(=O)c3cccc(C(=O)N4C[C@@H](O)[C@H](O)C4)c3)CC2)c1. The van der Waals surface area contributed by atoms with Crippen LogP contribution in [0.3, 0.4) is 0 Å². The summed E-state index contributed by atoms with van der Waals surface area (Å²) < 4.78 is 0. The Bertz CT molecular complexity index is 952. The number of hydrogen-bond acceptors (Lipinski definition) is 5. The third-order valence-corrected chi connectivity index (χ3v) is 6.34. The van der Waals surface area contributed by atoms with E-state index in [9.17, 15) is 19.8 Å². The summed E-state index contributed by atoms with van der Waals surface area (Å²) in [6.07, 6.45) is -0.0784. The molecule has 2 heterocycles. The molecule has 32 heavy (non-hydrogen) atoms. The lowest BCUT2D eigenvalue weighted by Gasteiger charge is -2.32. The van der Waals surface area contributed by atoms with Crippen LogP contribution in [0.1, 0.15) is 50.6 Å². The third kappa shape index (κ3) is 5.13. The van der Waals surface area contributed by atoms with Crippen molar-refractivity contribution in [3.05, 3.63) is 70.8 Å². The van der Waals surface area contributed by atoms with Crippen molar-refractivity contribution in [2.75, 3.05) is 26.2 Å². The largest absolute Gasteiger partial charge is 0.388 e. The molecule has 0 aliphatic carbocycles. The van der Waals surface area contributed by atoms with Crippen molar-refractivity contribution in [1.82, 2.24) is 9.80 Å². The highest BCUT2D eigenvalue weighted by molar-refractivity contribution is 5.99. The van der Waals surface area contributed by atoms with Gasteiger partial charge >= 0.3 is 0 Å². The van der Waals surface area contributed by atoms with E-state index in [0.29, 0.717) is 36.7 Å². The first kappa shape index (κ1) is 24.2. The first-order valence-electron chi connectivity index (χ1n) is 10.8. The smallest absolute Gasteiger partial charge is 0.254 e. The molecule has 2 aromatic rings. The first-order valence-corrected chi connectivity index (χ1v) is 10.8. The molecule has 0 saturated carbocycles. The molecule has 2 atom stereocenters. The van der Waals surface area contributed by atoms with Gasteiger partial charge in [-0.15, -0.1) is 12.4 Å². The Morgan fingerprint density at radius 1 is 0.875 bits per heavy atom. The van der Waals surface area contributed by atoms with Gasteiger partial charge in [0.25, 0.3) is 11.8 Å². The fourth-order valence-electron chi connectivity index (χ4n) is 4.48. The van der Waals surface area contributed by atoms with Crippen LogP contribution in [0.15, 0.2) is 48.5 Å². The van der Waals surface area contributed by atoms with Crippen LogP contribution in [0.5, 0.6) is 0 Å². The number of β-amino-alcohol motifs (C(OH)–C–C–N with tert-alkyl or cyclic N) is 2. The van der Waals surface area contributed by atoms with Gasteiger partial charge in [0.05, 0.1) is 12.2 Å². The van der Waals surface area contributed by atoms with Gasteiger partial charge in [-0.05, 0) is 48.1 Å². The lowest BCUT2D eigenvalue weighted by Crippen LogP contribution is -2.38. The molecule has 0 bridgehead atoms. The van der Waals surface area contributed by atoms with E-state index in [1.807, 2.05) is 17.0 Å². The number of halogens is 1. The van der Waals surface area contributed by atoms with E-state index in [0.717, 1.165) is 18.4 Å². The van der Waals surface area contributed by atoms with Crippen LogP contribution in [0, 0.1) is 0 Å². The third-order valence-electron chi connectivity index (χ3n) is 6.34. The summed E-state index contributed by atoms with van der Waals surface area (Å²) in [5.41, 5.74) is 9.02. The van der Waals surface area contributed by atoms with E-state index in [2.05, 4.69) is 12.1 Å². The number of carbonyl (C=O) groups is 2. The van der Waals surface area contributed by atoms with Crippen molar-refractivity contribution in [1.29, 1.82) is 0 Å². The minimum atomic E-state index is -0.930. The zero-order chi connectivity index (χ0) is 22.0. The fraction of sp³-hybridized carbons (Fsp3) is 0.417. The number of likely N-dealkylation sites (tertiary alicyclic amines) is 2. The van der Waals surface area contributed by atoms with Crippen LogP contribution >= 0.6 is 12.4 Å². The summed E-state index contributed by atoms with van der Waals surface area (Å²) in [7, 11) is 0. The van der Waals surface area contributed by atoms with Gasteiger partial charge in [0.1, 0.15) is 0 Å². The molecule has 2 amide bonds. The van der Waals surface area contributed by atoms with Crippen LogP contribution in [0.2, 0.25) is 0 Å². The maximum Gasteiger partial charge on any atom is 0.254 e. The lowest BCUT2D eigenvalue weighted by molar-refractivity contribution is 0.0572. The summed E-state index contributed by atoms with van der Waals surface area (Å²) >= 11 is 0. The predicted molar refractivity (Wildman–Crippen MR) is 124 cm³/mol.